The number of methoxy groups -OCH3 is 1. The molecule has 248 valence electrons. The van der Waals surface area contributed by atoms with Crippen molar-refractivity contribution >= 4 is 21.9 Å². The van der Waals surface area contributed by atoms with Crippen molar-refractivity contribution in [1.29, 1.82) is 0 Å². The maximum atomic E-state index is 13.5. The molecule has 0 saturated heterocycles. The minimum atomic E-state index is -4.59. The van der Waals surface area contributed by atoms with E-state index in [0.717, 1.165) is 30.3 Å². The summed E-state index contributed by atoms with van der Waals surface area (Å²) in [4.78, 5) is 22.2. The van der Waals surface area contributed by atoms with E-state index in [-0.39, 0.29) is 29.9 Å². The summed E-state index contributed by atoms with van der Waals surface area (Å²) in [5.74, 6) is 1.06. The molecule has 1 saturated carbocycles. The third-order valence-electron chi connectivity index (χ3n) is 8.43. The average Bonchev–Trinajstić information content (AvgIpc) is 3.71. The second-order valence-corrected chi connectivity index (χ2v) is 12.2. The van der Waals surface area contributed by atoms with E-state index in [1.165, 1.54) is 30.1 Å². The number of hydrogen-bond acceptors (Lipinski definition) is 6. The topological polar surface area (TPSA) is 83.5 Å². The molecule has 0 bridgehead atoms. The highest BCUT2D eigenvalue weighted by Crippen LogP contribution is 2.45. The summed E-state index contributed by atoms with van der Waals surface area (Å²) >= 11 is 0. The lowest BCUT2D eigenvalue weighted by Gasteiger charge is -2.13. The molecule has 0 unspecified atom stereocenters. The molecule has 2 aromatic carbocycles. The fraction of sp³-hybridized carbons (Fsp3) is 0.324. The Morgan fingerprint density at radius 3 is 2.27 bits per heavy atom. The highest BCUT2D eigenvalue weighted by molar-refractivity contribution is 6.07. The molecule has 1 aliphatic carbocycles. The molecule has 0 N–H and O–H groups in total. The molecule has 6 aromatic rings. The van der Waals surface area contributed by atoms with Crippen LogP contribution in [-0.2, 0) is 19.1 Å². The molecule has 4 aromatic heterocycles. The summed E-state index contributed by atoms with van der Waals surface area (Å²) in [6.45, 7) is 3.75. The molecule has 0 aliphatic heterocycles. The van der Waals surface area contributed by atoms with Gasteiger partial charge in [-0.25, -0.2) is 24.9 Å². The van der Waals surface area contributed by atoms with Crippen LogP contribution in [0.25, 0.3) is 44.7 Å². The molecule has 48 heavy (non-hydrogen) atoms. The van der Waals surface area contributed by atoms with Crippen molar-refractivity contribution in [3.05, 3.63) is 83.7 Å². The number of hydrogen-bond donors (Lipinski definition) is 0. The van der Waals surface area contributed by atoms with Crippen LogP contribution in [0.2, 0.25) is 0 Å². The quantitative estimate of drug-likeness (QED) is 0.152. The zero-order chi connectivity index (χ0) is 34.0. The zero-order valence-corrected chi connectivity index (χ0v) is 26.1. The summed E-state index contributed by atoms with van der Waals surface area (Å²) in [7, 11) is 1.50. The fourth-order valence-corrected chi connectivity index (χ4v) is 6.03. The molecule has 0 amide bonds. The van der Waals surface area contributed by atoms with Crippen LogP contribution in [0.1, 0.15) is 61.2 Å². The summed E-state index contributed by atoms with van der Waals surface area (Å²) in [6, 6.07) is 11.2. The number of halogens is 6. The predicted molar refractivity (Wildman–Crippen MR) is 166 cm³/mol. The Morgan fingerprint density at radius 1 is 0.896 bits per heavy atom. The van der Waals surface area contributed by atoms with Crippen molar-refractivity contribution in [2.45, 2.75) is 64.0 Å². The van der Waals surface area contributed by atoms with E-state index in [0.29, 0.717) is 44.8 Å². The van der Waals surface area contributed by atoms with Gasteiger partial charge in [-0.15, -0.1) is 0 Å². The van der Waals surface area contributed by atoms with Gasteiger partial charge in [0.25, 0.3) is 0 Å². The monoisotopic (exact) mass is 665 g/mol. The number of fused-ring (bicyclic) bond motifs is 3. The lowest BCUT2D eigenvalue weighted by molar-refractivity contribution is -0.141. The molecular weight excluding hydrogens is 636 g/mol. The number of rotatable bonds is 8. The second-order valence-electron chi connectivity index (χ2n) is 12.2. The average molecular weight is 666 g/mol. The van der Waals surface area contributed by atoms with Gasteiger partial charge in [-0.3, -0.25) is 0 Å². The van der Waals surface area contributed by atoms with E-state index < -0.39 is 24.5 Å². The zero-order valence-electron chi connectivity index (χ0n) is 26.1. The van der Waals surface area contributed by atoms with Gasteiger partial charge in [0.05, 0.1) is 24.7 Å². The van der Waals surface area contributed by atoms with E-state index in [4.69, 9.17) is 9.72 Å². The Morgan fingerprint density at radius 2 is 1.62 bits per heavy atom. The van der Waals surface area contributed by atoms with Crippen LogP contribution in [0.3, 0.4) is 0 Å². The van der Waals surface area contributed by atoms with Gasteiger partial charge in [0, 0.05) is 47.2 Å². The number of benzene rings is 2. The van der Waals surface area contributed by atoms with E-state index >= 15 is 0 Å². The van der Waals surface area contributed by atoms with E-state index in [1.807, 2.05) is 4.57 Å². The normalized spacial score (nSPS) is 14.0. The third kappa shape index (κ3) is 5.95. The summed E-state index contributed by atoms with van der Waals surface area (Å²) in [6.07, 6.45) is -4.07. The van der Waals surface area contributed by atoms with Crippen LogP contribution in [-0.4, -0.2) is 47.3 Å². The van der Waals surface area contributed by atoms with Crippen LogP contribution in [0.15, 0.2) is 61.2 Å². The molecule has 0 radical (unpaired) electrons. The van der Waals surface area contributed by atoms with E-state index in [9.17, 15) is 26.3 Å². The largest absolute Gasteiger partial charge is 0.480 e. The van der Waals surface area contributed by atoms with Crippen molar-refractivity contribution in [3.8, 4) is 28.7 Å². The first-order valence-corrected chi connectivity index (χ1v) is 15.3. The van der Waals surface area contributed by atoms with Gasteiger partial charge in [0.2, 0.25) is 5.88 Å². The van der Waals surface area contributed by atoms with Crippen LogP contribution < -0.4 is 4.74 Å². The van der Waals surface area contributed by atoms with Gasteiger partial charge in [0.15, 0.2) is 11.5 Å². The van der Waals surface area contributed by atoms with E-state index in [1.54, 1.807) is 50.4 Å². The lowest BCUT2D eigenvalue weighted by atomic mass is 10.1. The van der Waals surface area contributed by atoms with Crippen molar-refractivity contribution in [2.75, 3.05) is 7.11 Å². The highest BCUT2D eigenvalue weighted by atomic mass is 19.4. The molecule has 0 atom stereocenters. The standard InChI is InChI=1S/C34H29F6N7O/c1-18(2)46-16-26(34(38,39)40)44-30(46)22-7-4-19(5-8-22)15-47-25-12-20(13-33(35,36)37)6-11-23(25)24-14-41-29(45-31(24)47)27-28(21-9-10-21)42-17-43-32(27)48-3/h4-8,11-12,14,16-18,21H,9-10,13,15H2,1-3H3. The molecule has 8 nitrogen and oxygen atoms in total. The number of alkyl halides is 6. The SMILES string of the molecule is COc1ncnc(C2CC2)c1-c1ncc2c3ccc(CC(F)(F)F)cc3n(Cc3ccc(-c4nc(C(F)(F)F)cn4C(C)C)cc3)c2n1. The number of aromatic nitrogens is 7. The van der Waals surface area contributed by atoms with Gasteiger partial charge < -0.3 is 13.9 Å². The van der Waals surface area contributed by atoms with Crippen molar-refractivity contribution in [1.82, 2.24) is 34.1 Å². The Balaban J connectivity index is 1.35. The van der Waals surface area contributed by atoms with Gasteiger partial charge >= 0.3 is 12.4 Å². The van der Waals surface area contributed by atoms with Crippen molar-refractivity contribution in [2.24, 2.45) is 0 Å². The molecular formula is C34H29F6N7O. The first kappa shape index (κ1) is 31.6. The second kappa shape index (κ2) is 11.6. The number of nitrogens with zero attached hydrogens (tertiary/aromatic N) is 7. The van der Waals surface area contributed by atoms with Gasteiger partial charge in [-0.1, -0.05) is 36.4 Å². The van der Waals surface area contributed by atoms with Crippen LogP contribution in [0, 0.1) is 0 Å². The third-order valence-corrected chi connectivity index (χ3v) is 8.43. The van der Waals surface area contributed by atoms with Crippen molar-refractivity contribution < 1.29 is 31.1 Å². The highest BCUT2D eigenvalue weighted by Gasteiger charge is 2.35. The first-order chi connectivity index (χ1) is 22.8. The maximum absolute atomic E-state index is 13.5. The molecule has 1 fully saturated rings. The van der Waals surface area contributed by atoms with Crippen LogP contribution in [0.5, 0.6) is 5.88 Å². The number of ether oxygens (including phenoxy) is 1. The Labute approximate surface area is 270 Å². The number of imidazole rings is 1. The molecule has 0 spiro atoms. The van der Waals surface area contributed by atoms with E-state index in [2.05, 4.69) is 19.9 Å². The minimum Gasteiger partial charge on any atom is -0.480 e. The Bertz CT molecular complexity index is 2140. The molecule has 7 rings (SSSR count). The van der Waals surface area contributed by atoms with Crippen LogP contribution in [0.4, 0.5) is 26.3 Å². The van der Waals surface area contributed by atoms with Gasteiger partial charge in [-0.2, -0.15) is 26.3 Å². The predicted octanol–water partition coefficient (Wildman–Crippen LogP) is 8.54. The fourth-order valence-electron chi connectivity index (χ4n) is 6.03. The smallest absolute Gasteiger partial charge is 0.434 e. The lowest BCUT2D eigenvalue weighted by Crippen LogP contribution is -2.11. The first-order valence-electron chi connectivity index (χ1n) is 15.3. The summed E-state index contributed by atoms with van der Waals surface area (Å²) in [5, 5.41) is 1.32. The Hall–Kier alpha value is -5.01. The molecule has 1 aliphatic rings. The molecule has 4 heterocycles. The van der Waals surface area contributed by atoms with Crippen LogP contribution >= 0.6 is 0 Å². The molecule has 14 heteroatoms. The summed E-state index contributed by atoms with van der Waals surface area (Å²) < 4.78 is 89.6. The summed E-state index contributed by atoms with van der Waals surface area (Å²) in [5.41, 5.74) is 2.73. The van der Waals surface area contributed by atoms with Gasteiger partial charge in [-0.05, 0) is 43.9 Å². The minimum absolute atomic E-state index is 0.0951. The van der Waals surface area contributed by atoms with Gasteiger partial charge in [0.1, 0.15) is 23.4 Å². The maximum Gasteiger partial charge on any atom is 0.434 e. The van der Waals surface area contributed by atoms with Crippen molar-refractivity contribution in [3.63, 3.8) is 0 Å². The Kier molecular flexibility index (Phi) is 7.63.